The molecule has 0 aromatic heterocycles. The van der Waals surface area contributed by atoms with E-state index < -0.39 is 0 Å². The SMILES string of the molecule is O=[N+]([O-])c1ccc(Cl)cc1CCNC1CC1. The van der Waals surface area contributed by atoms with Crippen LogP contribution in [0.3, 0.4) is 0 Å². The minimum absolute atomic E-state index is 0.155. The van der Waals surface area contributed by atoms with Crippen molar-refractivity contribution in [2.45, 2.75) is 25.3 Å². The van der Waals surface area contributed by atoms with E-state index in [0.717, 1.165) is 6.54 Å². The van der Waals surface area contributed by atoms with Gasteiger partial charge in [-0.1, -0.05) is 11.6 Å². The average molecular weight is 241 g/mol. The normalized spacial score (nSPS) is 15.1. The van der Waals surface area contributed by atoms with Gasteiger partial charge in [-0.25, -0.2) is 0 Å². The number of nitro groups is 1. The first-order valence-corrected chi connectivity index (χ1v) is 5.71. The van der Waals surface area contributed by atoms with Crippen LogP contribution in [0.15, 0.2) is 18.2 Å². The summed E-state index contributed by atoms with van der Waals surface area (Å²) in [4.78, 5) is 10.4. The van der Waals surface area contributed by atoms with Crippen LogP contribution in [0.1, 0.15) is 18.4 Å². The first kappa shape index (κ1) is 11.4. The molecule has 1 aromatic carbocycles. The second-order valence-electron chi connectivity index (χ2n) is 4.01. The molecule has 86 valence electrons. The molecule has 1 aliphatic carbocycles. The zero-order chi connectivity index (χ0) is 11.5. The van der Waals surface area contributed by atoms with Crippen LogP contribution in [0.2, 0.25) is 5.02 Å². The summed E-state index contributed by atoms with van der Waals surface area (Å²) in [6, 6.07) is 5.32. The number of halogens is 1. The summed E-state index contributed by atoms with van der Waals surface area (Å²) < 4.78 is 0. The van der Waals surface area contributed by atoms with E-state index in [9.17, 15) is 10.1 Å². The van der Waals surface area contributed by atoms with E-state index in [1.165, 1.54) is 18.9 Å². The summed E-state index contributed by atoms with van der Waals surface area (Å²) in [5.74, 6) is 0. The van der Waals surface area contributed by atoms with Gasteiger partial charge in [0, 0.05) is 22.7 Å². The van der Waals surface area contributed by atoms with Gasteiger partial charge in [0.1, 0.15) is 0 Å². The van der Waals surface area contributed by atoms with E-state index in [1.807, 2.05) is 0 Å². The summed E-state index contributed by atoms with van der Waals surface area (Å²) in [6.45, 7) is 0.770. The third-order valence-corrected chi connectivity index (χ3v) is 2.88. The Balaban J connectivity index is 2.03. The second kappa shape index (κ2) is 4.80. The van der Waals surface area contributed by atoms with E-state index in [0.29, 0.717) is 23.0 Å². The van der Waals surface area contributed by atoms with Crippen LogP contribution in [-0.2, 0) is 6.42 Å². The van der Waals surface area contributed by atoms with Gasteiger partial charge >= 0.3 is 0 Å². The highest BCUT2D eigenvalue weighted by molar-refractivity contribution is 6.30. The van der Waals surface area contributed by atoms with Crippen molar-refractivity contribution in [3.63, 3.8) is 0 Å². The Morgan fingerprint density at radius 2 is 2.25 bits per heavy atom. The lowest BCUT2D eigenvalue weighted by molar-refractivity contribution is -0.385. The zero-order valence-corrected chi connectivity index (χ0v) is 9.54. The number of nitrogens with zero attached hydrogens (tertiary/aromatic N) is 1. The smallest absolute Gasteiger partial charge is 0.272 e. The molecule has 5 heteroatoms. The Kier molecular flexibility index (Phi) is 3.41. The topological polar surface area (TPSA) is 55.2 Å². The average Bonchev–Trinajstić information content (AvgIpc) is 3.01. The summed E-state index contributed by atoms with van der Waals surface area (Å²) in [7, 11) is 0. The molecule has 0 radical (unpaired) electrons. The Morgan fingerprint density at radius 3 is 2.88 bits per heavy atom. The lowest BCUT2D eigenvalue weighted by Gasteiger charge is -2.04. The van der Waals surface area contributed by atoms with Crippen molar-refractivity contribution in [2.75, 3.05) is 6.54 Å². The monoisotopic (exact) mass is 240 g/mol. The molecule has 0 unspecified atom stereocenters. The predicted molar refractivity (Wildman–Crippen MR) is 62.8 cm³/mol. The zero-order valence-electron chi connectivity index (χ0n) is 8.78. The fourth-order valence-corrected chi connectivity index (χ4v) is 1.83. The molecule has 1 fully saturated rings. The number of nitro benzene ring substituents is 1. The van der Waals surface area contributed by atoms with Gasteiger partial charge in [-0.05, 0) is 37.9 Å². The molecule has 0 spiro atoms. The van der Waals surface area contributed by atoms with Gasteiger partial charge in [0.15, 0.2) is 0 Å². The van der Waals surface area contributed by atoms with Crippen LogP contribution in [-0.4, -0.2) is 17.5 Å². The van der Waals surface area contributed by atoms with Crippen molar-refractivity contribution in [2.24, 2.45) is 0 Å². The van der Waals surface area contributed by atoms with Crippen LogP contribution in [0.4, 0.5) is 5.69 Å². The van der Waals surface area contributed by atoms with E-state index in [4.69, 9.17) is 11.6 Å². The van der Waals surface area contributed by atoms with E-state index in [1.54, 1.807) is 12.1 Å². The summed E-state index contributed by atoms with van der Waals surface area (Å²) in [5.41, 5.74) is 0.854. The summed E-state index contributed by atoms with van der Waals surface area (Å²) in [5, 5.41) is 14.7. The molecular weight excluding hydrogens is 228 g/mol. The van der Waals surface area contributed by atoms with Crippen LogP contribution in [0, 0.1) is 10.1 Å². The number of nitrogens with one attached hydrogen (secondary N) is 1. The van der Waals surface area contributed by atoms with E-state index >= 15 is 0 Å². The lowest BCUT2D eigenvalue weighted by Crippen LogP contribution is -2.19. The van der Waals surface area contributed by atoms with Gasteiger partial charge in [-0.2, -0.15) is 0 Å². The molecule has 1 saturated carbocycles. The van der Waals surface area contributed by atoms with Gasteiger partial charge in [0.25, 0.3) is 5.69 Å². The molecule has 4 nitrogen and oxygen atoms in total. The molecule has 16 heavy (non-hydrogen) atoms. The molecule has 0 saturated heterocycles. The quantitative estimate of drug-likeness (QED) is 0.636. The highest BCUT2D eigenvalue weighted by Crippen LogP contribution is 2.23. The lowest BCUT2D eigenvalue weighted by atomic mass is 10.1. The van der Waals surface area contributed by atoms with Crippen LogP contribution in [0.25, 0.3) is 0 Å². The van der Waals surface area contributed by atoms with Crippen molar-refractivity contribution in [1.29, 1.82) is 0 Å². The third kappa shape index (κ3) is 2.93. The first-order chi connectivity index (χ1) is 7.66. The van der Waals surface area contributed by atoms with Gasteiger partial charge in [0.05, 0.1) is 4.92 Å². The van der Waals surface area contributed by atoms with Gasteiger partial charge in [0.2, 0.25) is 0 Å². The Labute approximate surface area is 98.8 Å². The molecule has 1 N–H and O–H groups in total. The molecule has 0 amide bonds. The van der Waals surface area contributed by atoms with Crippen molar-refractivity contribution in [1.82, 2.24) is 5.32 Å². The maximum atomic E-state index is 10.8. The summed E-state index contributed by atoms with van der Waals surface area (Å²) in [6.07, 6.45) is 3.09. The van der Waals surface area contributed by atoms with Gasteiger partial charge in [-0.15, -0.1) is 0 Å². The van der Waals surface area contributed by atoms with Crippen molar-refractivity contribution in [3.8, 4) is 0 Å². The Hall–Kier alpha value is -1.13. The Morgan fingerprint density at radius 1 is 1.50 bits per heavy atom. The molecule has 1 aromatic rings. The number of hydrogen-bond acceptors (Lipinski definition) is 3. The fraction of sp³-hybridized carbons (Fsp3) is 0.455. The molecule has 0 aliphatic heterocycles. The van der Waals surface area contributed by atoms with Crippen LogP contribution >= 0.6 is 11.6 Å². The van der Waals surface area contributed by atoms with Crippen molar-refractivity contribution >= 4 is 17.3 Å². The fourth-order valence-electron chi connectivity index (χ4n) is 1.63. The van der Waals surface area contributed by atoms with E-state index in [-0.39, 0.29) is 10.6 Å². The molecular formula is C11H13ClN2O2. The molecule has 0 atom stereocenters. The van der Waals surface area contributed by atoms with Gasteiger partial charge in [-0.3, -0.25) is 10.1 Å². The predicted octanol–water partition coefficient (Wildman–Crippen LogP) is 2.54. The maximum Gasteiger partial charge on any atom is 0.272 e. The minimum Gasteiger partial charge on any atom is -0.314 e. The standard InChI is InChI=1S/C11H13ClN2O2/c12-9-1-4-11(14(15)16)8(7-9)5-6-13-10-2-3-10/h1,4,7,10,13H,2-3,5-6H2. The maximum absolute atomic E-state index is 10.8. The largest absolute Gasteiger partial charge is 0.314 e. The highest BCUT2D eigenvalue weighted by atomic mass is 35.5. The first-order valence-electron chi connectivity index (χ1n) is 5.33. The molecule has 2 rings (SSSR count). The minimum atomic E-state index is -0.358. The van der Waals surface area contributed by atoms with Crippen LogP contribution in [0.5, 0.6) is 0 Å². The van der Waals surface area contributed by atoms with E-state index in [2.05, 4.69) is 5.32 Å². The molecule has 1 aliphatic rings. The number of benzene rings is 1. The third-order valence-electron chi connectivity index (χ3n) is 2.64. The molecule has 0 heterocycles. The van der Waals surface area contributed by atoms with Crippen molar-refractivity contribution in [3.05, 3.63) is 38.9 Å². The van der Waals surface area contributed by atoms with Crippen molar-refractivity contribution < 1.29 is 4.92 Å². The number of rotatable bonds is 5. The highest BCUT2D eigenvalue weighted by Gasteiger charge is 2.20. The van der Waals surface area contributed by atoms with Gasteiger partial charge < -0.3 is 5.32 Å². The Bertz CT molecular complexity index is 405. The second-order valence-corrected chi connectivity index (χ2v) is 4.44. The van der Waals surface area contributed by atoms with Crippen LogP contribution < -0.4 is 5.32 Å². The molecule has 0 bridgehead atoms. The number of hydrogen-bond donors (Lipinski definition) is 1. The summed E-state index contributed by atoms with van der Waals surface area (Å²) >= 11 is 5.83.